The number of sulfonamides is 1. The summed E-state index contributed by atoms with van der Waals surface area (Å²) in [5.41, 5.74) is -1.35. The molecule has 5 atom stereocenters. The van der Waals surface area contributed by atoms with Crippen molar-refractivity contribution >= 4 is 55.5 Å². The molecule has 13 nitrogen and oxygen atoms in total. The van der Waals surface area contributed by atoms with E-state index in [9.17, 15) is 40.0 Å². The number of anilines is 1. The fraction of sp³-hybridized carbons (Fsp3) is 0.444. The molecule has 5 aromatic rings. The summed E-state index contributed by atoms with van der Waals surface area (Å²) in [4.78, 5) is 54.0. The lowest BCUT2D eigenvalue weighted by Gasteiger charge is -2.35. The van der Waals surface area contributed by atoms with Gasteiger partial charge in [-0.15, -0.1) is 0 Å². The summed E-state index contributed by atoms with van der Waals surface area (Å²) >= 11 is 0. The van der Waals surface area contributed by atoms with Crippen LogP contribution < -0.4 is 20.1 Å². The molecule has 0 unspecified atom stereocenters. The van der Waals surface area contributed by atoms with Gasteiger partial charge in [-0.3, -0.25) is 19.1 Å². The van der Waals surface area contributed by atoms with E-state index in [0.29, 0.717) is 54.7 Å². The van der Waals surface area contributed by atoms with Crippen LogP contribution in [0.4, 0.5) is 27.6 Å². The largest absolute Gasteiger partial charge is 0.470 e. The normalized spacial score (nSPS) is 23.2. The van der Waals surface area contributed by atoms with Crippen LogP contribution in [0.25, 0.3) is 33.5 Å². The number of nitrogens with one attached hydrogen (secondary N) is 3. The lowest BCUT2D eigenvalue weighted by molar-refractivity contribution is -0.141. The smallest absolute Gasteiger partial charge is 0.416 e. The zero-order chi connectivity index (χ0) is 45.1. The maximum absolute atomic E-state index is 15.1. The Labute approximate surface area is 364 Å². The highest BCUT2D eigenvalue weighted by Crippen LogP contribution is 2.47. The van der Waals surface area contributed by atoms with Crippen molar-refractivity contribution in [2.24, 2.45) is 11.8 Å². The number of alkyl halides is 3. The van der Waals surface area contributed by atoms with E-state index in [-0.39, 0.29) is 53.8 Å². The van der Waals surface area contributed by atoms with Gasteiger partial charge in [-0.2, -0.15) is 18.2 Å². The Hall–Kier alpha value is -5.85. The second kappa shape index (κ2) is 16.6. The van der Waals surface area contributed by atoms with Gasteiger partial charge in [0.2, 0.25) is 27.4 Å². The number of furan rings is 1. The molecule has 64 heavy (non-hydrogen) atoms. The van der Waals surface area contributed by atoms with Crippen LogP contribution >= 0.6 is 0 Å². The molecule has 4 fully saturated rings. The highest BCUT2D eigenvalue weighted by atomic mass is 32.2. The summed E-state index contributed by atoms with van der Waals surface area (Å²) in [5, 5.41) is 5.77. The van der Waals surface area contributed by atoms with Crippen molar-refractivity contribution in [2.75, 3.05) is 11.9 Å². The minimum Gasteiger partial charge on any atom is -0.470 e. The van der Waals surface area contributed by atoms with E-state index in [1.807, 2.05) is 6.92 Å². The zero-order valence-electron chi connectivity index (χ0n) is 34.6. The second-order valence-electron chi connectivity index (χ2n) is 17.3. The van der Waals surface area contributed by atoms with Gasteiger partial charge in [0.1, 0.15) is 46.5 Å². The number of amides is 3. The SMILES string of the molecule is CC[C@@H]1C[C@]1(NC(=O)[C@@H]1C[C@@H](Oc2nc(-c3ccc(C(F)(F)F)cc3)nc3c2oc2ccccc23)CN1C(=O)[C@@H](Nc1cc(F)cc(F)c1)C1CCCCC1)C(=O)NS(=O)(=O)C1CC1. The Kier molecular flexibility index (Phi) is 11.3. The van der Waals surface area contributed by atoms with Crippen LogP contribution in [0.5, 0.6) is 5.88 Å². The number of ether oxygens (including phenoxy) is 1. The molecular formula is C45H45F5N6O7S. The minimum absolute atomic E-state index is 0.0142. The number of hydrogen-bond acceptors (Lipinski definition) is 10. The van der Waals surface area contributed by atoms with E-state index >= 15 is 4.79 Å². The van der Waals surface area contributed by atoms with Crippen LogP contribution in [0, 0.1) is 23.5 Å². The van der Waals surface area contributed by atoms with Gasteiger partial charge in [0, 0.05) is 29.1 Å². The molecule has 0 radical (unpaired) electrons. The fourth-order valence-electron chi connectivity index (χ4n) is 9.26. The molecule has 3 heterocycles. The average molecular weight is 909 g/mol. The monoisotopic (exact) mass is 908 g/mol. The number of benzene rings is 3. The topological polar surface area (TPSA) is 173 Å². The first-order valence-corrected chi connectivity index (χ1v) is 23.0. The molecule has 0 spiro atoms. The van der Waals surface area contributed by atoms with E-state index in [0.717, 1.165) is 43.5 Å². The fourth-order valence-corrected chi connectivity index (χ4v) is 10.6. The van der Waals surface area contributed by atoms with Gasteiger partial charge in [-0.05, 0) is 80.3 Å². The quantitative estimate of drug-likeness (QED) is 0.0997. The predicted octanol–water partition coefficient (Wildman–Crippen LogP) is 7.64. The average Bonchev–Trinajstić information content (AvgIpc) is 4.17. The Bertz CT molecular complexity index is 2720. The van der Waals surface area contributed by atoms with Crippen LogP contribution in [0.1, 0.15) is 76.7 Å². The summed E-state index contributed by atoms with van der Waals surface area (Å²) < 4.78 is 110. The van der Waals surface area contributed by atoms with E-state index in [4.69, 9.17) is 9.15 Å². The van der Waals surface area contributed by atoms with Gasteiger partial charge in [0.25, 0.3) is 11.8 Å². The number of carbonyl (C=O) groups excluding carboxylic acids is 3. The van der Waals surface area contributed by atoms with Gasteiger partial charge in [0.15, 0.2) is 5.82 Å². The molecule has 3 N–H and O–H groups in total. The van der Waals surface area contributed by atoms with E-state index in [1.165, 1.54) is 17.0 Å². The molecule has 9 rings (SSSR count). The predicted molar refractivity (Wildman–Crippen MR) is 224 cm³/mol. The summed E-state index contributed by atoms with van der Waals surface area (Å²) in [5.74, 6) is -4.67. The van der Waals surface area contributed by atoms with Crippen molar-refractivity contribution in [1.29, 1.82) is 0 Å². The van der Waals surface area contributed by atoms with Crippen molar-refractivity contribution in [3.05, 3.63) is 83.9 Å². The Morgan fingerprint density at radius 2 is 1.66 bits per heavy atom. The number of carbonyl (C=O) groups is 3. The summed E-state index contributed by atoms with van der Waals surface area (Å²) in [6.07, 6.45) is -0.537. The number of aromatic nitrogens is 2. The van der Waals surface area contributed by atoms with Crippen LogP contribution in [0.15, 0.2) is 71.1 Å². The number of nitrogens with zero attached hydrogens (tertiary/aromatic N) is 3. The van der Waals surface area contributed by atoms with Crippen molar-refractivity contribution in [1.82, 2.24) is 24.9 Å². The molecule has 3 aromatic carbocycles. The maximum Gasteiger partial charge on any atom is 0.416 e. The number of halogens is 5. The first-order valence-electron chi connectivity index (χ1n) is 21.5. The molecule has 3 amide bonds. The van der Waals surface area contributed by atoms with E-state index < -0.39 is 86.0 Å². The molecule has 0 bridgehead atoms. The first-order chi connectivity index (χ1) is 30.5. The Morgan fingerprint density at radius 1 is 0.953 bits per heavy atom. The van der Waals surface area contributed by atoms with Crippen molar-refractivity contribution < 1.29 is 53.9 Å². The van der Waals surface area contributed by atoms with Gasteiger partial charge in [-0.1, -0.05) is 56.9 Å². The van der Waals surface area contributed by atoms with Crippen LogP contribution in [-0.2, 0) is 30.6 Å². The lowest BCUT2D eigenvalue weighted by Crippen LogP contribution is -2.58. The third kappa shape index (κ3) is 8.57. The number of rotatable bonds is 13. The third-order valence-corrected chi connectivity index (χ3v) is 14.7. The number of likely N-dealkylation sites (tertiary alicyclic amines) is 1. The van der Waals surface area contributed by atoms with Crippen LogP contribution in [-0.4, -0.2) is 76.5 Å². The number of para-hydroxylation sites is 1. The molecule has 1 aliphatic heterocycles. The minimum atomic E-state index is -4.58. The van der Waals surface area contributed by atoms with Crippen LogP contribution in [0.2, 0.25) is 0 Å². The molecule has 2 aromatic heterocycles. The Morgan fingerprint density at radius 3 is 2.31 bits per heavy atom. The summed E-state index contributed by atoms with van der Waals surface area (Å²) in [7, 11) is -3.97. The second-order valence-corrected chi connectivity index (χ2v) is 19.3. The molecule has 1 saturated heterocycles. The van der Waals surface area contributed by atoms with Crippen LogP contribution in [0.3, 0.4) is 0 Å². The Balaban J connectivity index is 1.08. The van der Waals surface area contributed by atoms with Gasteiger partial charge in [0.05, 0.1) is 17.4 Å². The summed E-state index contributed by atoms with van der Waals surface area (Å²) in [6.45, 7) is 1.60. The molecule has 19 heteroatoms. The van der Waals surface area contributed by atoms with E-state index in [2.05, 4.69) is 25.3 Å². The highest BCUT2D eigenvalue weighted by Gasteiger charge is 2.62. The molecule has 4 aliphatic rings. The molecule has 3 saturated carbocycles. The van der Waals surface area contributed by atoms with E-state index in [1.54, 1.807) is 24.3 Å². The molecule has 3 aliphatic carbocycles. The van der Waals surface area contributed by atoms with Crippen molar-refractivity contribution in [3.63, 3.8) is 0 Å². The molecule has 338 valence electrons. The highest BCUT2D eigenvalue weighted by molar-refractivity contribution is 7.91. The lowest BCUT2D eigenvalue weighted by atomic mass is 9.83. The van der Waals surface area contributed by atoms with Gasteiger partial charge >= 0.3 is 6.18 Å². The summed E-state index contributed by atoms with van der Waals surface area (Å²) in [6, 6.07) is 11.8. The number of fused-ring (bicyclic) bond motifs is 3. The molecular weight excluding hydrogens is 864 g/mol. The zero-order valence-corrected chi connectivity index (χ0v) is 35.4. The third-order valence-electron chi connectivity index (χ3n) is 12.9. The number of hydrogen-bond donors (Lipinski definition) is 3. The first kappa shape index (κ1) is 43.4. The van der Waals surface area contributed by atoms with Crippen molar-refractivity contribution in [3.8, 4) is 17.3 Å². The van der Waals surface area contributed by atoms with Gasteiger partial charge in [-0.25, -0.2) is 22.2 Å². The standard InChI is InChI=1S/C45H45F5N6O7S/c1-2-26-22-44(26,43(59)55-64(60,61)32-16-17-32)54-40(57)34-21-31(23-56(34)42(58)36(24-8-4-3-5-9-24)51-30-19-28(46)18-29(47)20-30)62-41-38-37(33-10-6-7-11-35(33)63-38)52-39(53-41)25-12-14-27(15-13-25)45(48,49)50/h6-7,10-15,18-20,24,26,31-32,34,36,51H,2-5,8-9,16-17,21-23H2,1H3,(H,54,57)(H,55,59)/t26-,31-,34+,36+,44-/m1/s1. The van der Waals surface area contributed by atoms with Crippen molar-refractivity contribution in [2.45, 2.75) is 106 Å². The van der Waals surface area contributed by atoms with Gasteiger partial charge < -0.3 is 24.7 Å². The maximum atomic E-state index is 15.1.